The van der Waals surface area contributed by atoms with Crippen molar-refractivity contribution in [3.63, 3.8) is 0 Å². The first-order valence-corrected chi connectivity index (χ1v) is 13.2. The van der Waals surface area contributed by atoms with Crippen LogP contribution in [0.5, 0.6) is 0 Å². The second kappa shape index (κ2) is 11.1. The fourth-order valence-corrected chi connectivity index (χ4v) is 4.91. The van der Waals surface area contributed by atoms with Crippen LogP contribution in [-0.2, 0) is 6.42 Å². The quantitative estimate of drug-likeness (QED) is 0.345. The summed E-state index contributed by atoms with van der Waals surface area (Å²) < 4.78 is 0. The summed E-state index contributed by atoms with van der Waals surface area (Å²) in [6, 6.07) is 24.8. The molecule has 0 unspecified atom stereocenters. The van der Waals surface area contributed by atoms with Gasteiger partial charge in [0.1, 0.15) is 5.82 Å². The molecule has 0 saturated carbocycles. The summed E-state index contributed by atoms with van der Waals surface area (Å²) in [5.41, 5.74) is 8.78. The van der Waals surface area contributed by atoms with Gasteiger partial charge in [-0.1, -0.05) is 60.2 Å². The van der Waals surface area contributed by atoms with E-state index in [9.17, 15) is 4.79 Å². The van der Waals surface area contributed by atoms with E-state index in [1.807, 2.05) is 35.2 Å². The molecule has 0 spiro atoms. The summed E-state index contributed by atoms with van der Waals surface area (Å²) in [6.45, 7) is 11.0. The molecule has 1 fully saturated rings. The second-order valence-corrected chi connectivity index (χ2v) is 10.2. The third-order valence-corrected chi connectivity index (χ3v) is 7.32. The van der Waals surface area contributed by atoms with Crippen molar-refractivity contribution in [1.82, 2.24) is 14.9 Å². The number of urea groups is 1. The van der Waals surface area contributed by atoms with Crippen LogP contribution in [0, 0.1) is 27.7 Å². The predicted molar refractivity (Wildman–Crippen MR) is 155 cm³/mol. The molecule has 194 valence electrons. The summed E-state index contributed by atoms with van der Waals surface area (Å²) in [7, 11) is 0. The van der Waals surface area contributed by atoms with Gasteiger partial charge in [-0.3, -0.25) is 0 Å². The Bertz CT molecular complexity index is 1440. The molecule has 1 saturated heterocycles. The van der Waals surface area contributed by atoms with Crippen LogP contribution in [0.15, 0.2) is 72.8 Å². The molecule has 3 aromatic carbocycles. The van der Waals surface area contributed by atoms with Gasteiger partial charge in [0, 0.05) is 55.1 Å². The van der Waals surface area contributed by atoms with Crippen molar-refractivity contribution in [1.29, 1.82) is 0 Å². The molecule has 1 aliphatic rings. The summed E-state index contributed by atoms with van der Waals surface area (Å²) in [6.07, 6.45) is 0.767. The maximum absolute atomic E-state index is 13.0. The highest BCUT2D eigenvalue weighted by Crippen LogP contribution is 2.29. The van der Waals surface area contributed by atoms with E-state index < -0.39 is 0 Å². The van der Waals surface area contributed by atoms with Crippen molar-refractivity contribution in [3.05, 3.63) is 106 Å². The Morgan fingerprint density at radius 2 is 1.58 bits per heavy atom. The largest absolute Gasteiger partial charge is 0.353 e. The van der Waals surface area contributed by atoms with E-state index >= 15 is 0 Å². The molecule has 6 heteroatoms. The van der Waals surface area contributed by atoms with E-state index in [0.717, 1.165) is 40.6 Å². The maximum Gasteiger partial charge on any atom is 0.321 e. The minimum absolute atomic E-state index is 0.0586. The minimum Gasteiger partial charge on any atom is -0.353 e. The molecule has 1 N–H and O–H groups in total. The number of carbonyl (C=O) groups excluding carboxylic acids is 1. The van der Waals surface area contributed by atoms with Gasteiger partial charge in [0.2, 0.25) is 0 Å². The summed E-state index contributed by atoms with van der Waals surface area (Å²) in [4.78, 5) is 27.3. The zero-order valence-corrected chi connectivity index (χ0v) is 22.7. The third kappa shape index (κ3) is 5.70. The number of rotatable bonds is 5. The molecule has 6 nitrogen and oxygen atoms in total. The number of carbonyl (C=O) groups is 1. The second-order valence-electron chi connectivity index (χ2n) is 10.2. The Hall–Kier alpha value is -4.19. The molecule has 2 heterocycles. The van der Waals surface area contributed by atoms with Crippen molar-refractivity contribution in [2.75, 3.05) is 36.4 Å². The summed E-state index contributed by atoms with van der Waals surface area (Å²) in [5, 5.41) is 3.07. The van der Waals surface area contributed by atoms with Crippen molar-refractivity contribution in [2.45, 2.75) is 34.1 Å². The molecular formula is C32H35N5O. The van der Waals surface area contributed by atoms with Gasteiger partial charge in [0.25, 0.3) is 0 Å². The molecule has 0 aliphatic carbocycles. The number of nitrogens with zero attached hydrogens (tertiary/aromatic N) is 4. The van der Waals surface area contributed by atoms with Gasteiger partial charge in [-0.05, 0) is 62.6 Å². The van der Waals surface area contributed by atoms with Gasteiger partial charge in [-0.2, -0.15) is 0 Å². The number of aryl methyl sites for hydroxylation is 4. The van der Waals surface area contributed by atoms with Gasteiger partial charge in [-0.15, -0.1) is 0 Å². The van der Waals surface area contributed by atoms with E-state index in [4.69, 9.17) is 9.97 Å². The lowest BCUT2D eigenvalue weighted by Gasteiger charge is -2.36. The van der Waals surface area contributed by atoms with Crippen LogP contribution >= 0.6 is 0 Å². The highest BCUT2D eigenvalue weighted by Gasteiger charge is 2.25. The Morgan fingerprint density at radius 3 is 2.29 bits per heavy atom. The maximum atomic E-state index is 13.0. The van der Waals surface area contributed by atoms with Crippen molar-refractivity contribution >= 4 is 17.5 Å². The molecule has 1 aromatic heterocycles. The molecule has 0 radical (unpaired) electrons. The number of piperazine rings is 1. The Morgan fingerprint density at radius 1 is 0.816 bits per heavy atom. The molecule has 4 aromatic rings. The molecular weight excluding hydrogens is 470 g/mol. The molecule has 2 amide bonds. The van der Waals surface area contributed by atoms with Gasteiger partial charge < -0.3 is 15.1 Å². The zero-order chi connectivity index (χ0) is 26.6. The van der Waals surface area contributed by atoms with E-state index in [-0.39, 0.29) is 6.03 Å². The lowest BCUT2D eigenvalue weighted by atomic mass is 10.0. The van der Waals surface area contributed by atoms with Crippen LogP contribution in [0.1, 0.15) is 33.5 Å². The number of hydrogen-bond donors (Lipinski definition) is 1. The smallest absolute Gasteiger partial charge is 0.321 e. The summed E-state index contributed by atoms with van der Waals surface area (Å²) in [5.74, 6) is 1.71. The fraction of sp³-hybridized carbons (Fsp3) is 0.281. The zero-order valence-electron chi connectivity index (χ0n) is 22.7. The van der Waals surface area contributed by atoms with E-state index in [0.29, 0.717) is 26.2 Å². The number of nitrogens with one attached hydrogen (secondary N) is 1. The predicted octanol–water partition coefficient (Wildman–Crippen LogP) is 6.32. The first-order chi connectivity index (χ1) is 18.4. The Labute approximate surface area is 225 Å². The minimum atomic E-state index is -0.0586. The van der Waals surface area contributed by atoms with Crippen molar-refractivity contribution in [3.8, 4) is 11.4 Å². The van der Waals surface area contributed by atoms with E-state index in [2.05, 4.69) is 80.4 Å². The number of benzene rings is 3. The first kappa shape index (κ1) is 25.5. The highest BCUT2D eigenvalue weighted by molar-refractivity contribution is 5.89. The summed E-state index contributed by atoms with van der Waals surface area (Å²) >= 11 is 0. The normalized spacial score (nSPS) is 13.5. The van der Waals surface area contributed by atoms with Crippen LogP contribution in [0.4, 0.5) is 16.3 Å². The average molecular weight is 506 g/mol. The molecule has 0 atom stereocenters. The van der Waals surface area contributed by atoms with Gasteiger partial charge in [0.15, 0.2) is 5.82 Å². The van der Waals surface area contributed by atoms with Crippen LogP contribution < -0.4 is 10.2 Å². The monoisotopic (exact) mass is 505 g/mol. The SMILES string of the molecule is Cc1cccc(-c2nc(C)c(Cc3ccccc3)c(N3CCN(C(=O)Nc4ccc(C)c(C)c4)CC3)n2)c1. The molecule has 0 bridgehead atoms. The average Bonchev–Trinajstić information content (AvgIpc) is 2.92. The van der Waals surface area contributed by atoms with E-state index in [1.165, 1.54) is 22.3 Å². The van der Waals surface area contributed by atoms with Crippen LogP contribution in [0.3, 0.4) is 0 Å². The molecule has 5 rings (SSSR count). The number of anilines is 2. The first-order valence-electron chi connectivity index (χ1n) is 13.2. The van der Waals surface area contributed by atoms with E-state index in [1.54, 1.807) is 0 Å². The van der Waals surface area contributed by atoms with Crippen molar-refractivity contribution < 1.29 is 4.79 Å². The van der Waals surface area contributed by atoms with Gasteiger partial charge in [-0.25, -0.2) is 14.8 Å². The topological polar surface area (TPSA) is 61.4 Å². The number of amides is 2. The lowest BCUT2D eigenvalue weighted by Crippen LogP contribution is -2.50. The fourth-order valence-electron chi connectivity index (χ4n) is 4.91. The van der Waals surface area contributed by atoms with Gasteiger partial charge >= 0.3 is 6.03 Å². The van der Waals surface area contributed by atoms with Crippen molar-refractivity contribution in [2.24, 2.45) is 0 Å². The Balaban J connectivity index is 1.38. The molecule has 38 heavy (non-hydrogen) atoms. The highest BCUT2D eigenvalue weighted by atomic mass is 16.2. The molecule has 1 aliphatic heterocycles. The Kier molecular flexibility index (Phi) is 7.40. The van der Waals surface area contributed by atoms with Crippen LogP contribution in [0.25, 0.3) is 11.4 Å². The van der Waals surface area contributed by atoms with Gasteiger partial charge in [0.05, 0.1) is 0 Å². The lowest BCUT2D eigenvalue weighted by molar-refractivity contribution is 0.208. The number of hydrogen-bond acceptors (Lipinski definition) is 4. The number of aromatic nitrogens is 2. The third-order valence-electron chi connectivity index (χ3n) is 7.32. The standard InChI is InChI=1S/C32H35N5O/c1-22-9-8-12-27(19-22)30-33-25(4)29(21-26-10-6-5-7-11-26)31(35-30)36-15-17-37(18-16-36)32(38)34-28-14-13-23(2)24(3)20-28/h5-14,19-20H,15-18,21H2,1-4H3,(H,34,38). The van der Waals surface area contributed by atoms with Crippen LogP contribution in [-0.4, -0.2) is 47.1 Å². The van der Waals surface area contributed by atoms with Crippen LogP contribution in [0.2, 0.25) is 0 Å².